The second kappa shape index (κ2) is 3.32. The highest BCUT2D eigenvalue weighted by Crippen LogP contribution is 2.41. The number of ether oxygens (including phenoxy) is 1. The lowest BCUT2D eigenvalue weighted by molar-refractivity contribution is -0.448. The molecule has 1 nitrogen and oxygen atoms in total. The van der Waals surface area contributed by atoms with Gasteiger partial charge in [0.15, 0.2) is 0 Å². The van der Waals surface area contributed by atoms with Gasteiger partial charge in [-0.05, 0) is 0 Å². The van der Waals surface area contributed by atoms with Crippen LogP contribution in [0.5, 0.6) is 0 Å². The van der Waals surface area contributed by atoms with Crippen molar-refractivity contribution in [2.75, 3.05) is 0 Å². The van der Waals surface area contributed by atoms with Crippen molar-refractivity contribution in [1.82, 2.24) is 0 Å². The van der Waals surface area contributed by atoms with Crippen LogP contribution in [0.15, 0.2) is 0 Å². The average Bonchev–Trinajstić information content (AvgIpc) is 1.81. The molecule has 0 aliphatic carbocycles. The van der Waals surface area contributed by atoms with Gasteiger partial charge in [0.25, 0.3) is 0 Å². The summed E-state index contributed by atoms with van der Waals surface area (Å²) in [6.45, 7) is 0.596. The van der Waals surface area contributed by atoms with Gasteiger partial charge in [-0.2, -0.15) is 13.2 Å². The Balaban J connectivity index is 4.67. The fourth-order valence-electron chi connectivity index (χ4n) is 0.514. The molecule has 0 fully saturated rings. The lowest BCUT2D eigenvalue weighted by atomic mass is 10.2. The van der Waals surface area contributed by atoms with Crippen LogP contribution in [0.4, 0.5) is 30.7 Å². The van der Waals surface area contributed by atoms with Gasteiger partial charge in [-0.25, -0.2) is 9.13 Å². The minimum Gasteiger partial charge on any atom is -0.245 e. The Morgan fingerprint density at radius 2 is 1.31 bits per heavy atom. The van der Waals surface area contributed by atoms with Crippen LogP contribution in [0.25, 0.3) is 0 Å². The fourth-order valence-corrected chi connectivity index (χ4v) is 0.514. The quantitative estimate of drug-likeness (QED) is 0.641. The molecule has 0 radical (unpaired) electrons. The van der Waals surface area contributed by atoms with Crippen LogP contribution in [0.2, 0.25) is 0 Å². The van der Waals surface area contributed by atoms with E-state index in [0.717, 1.165) is 0 Å². The molecule has 0 rings (SSSR count). The number of hydrogen-bond donors (Lipinski definition) is 0. The maximum atomic E-state index is 12.5. The molecular formula is C5H5F7O. The number of alkyl halides is 7. The highest BCUT2D eigenvalue weighted by Gasteiger charge is 2.61. The lowest BCUT2D eigenvalue weighted by Gasteiger charge is -2.27. The van der Waals surface area contributed by atoms with Crippen molar-refractivity contribution >= 4 is 0 Å². The van der Waals surface area contributed by atoms with Gasteiger partial charge in [-0.15, -0.1) is 13.2 Å². The van der Waals surface area contributed by atoms with Crippen LogP contribution >= 0.6 is 0 Å². The van der Waals surface area contributed by atoms with Gasteiger partial charge in [0, 0.05) is 6.42 Å². The summed E-state index contributed by atoms with van der Waals surface area (Å²) in [7, 11) is 0. The first-order chi connectivity index (χ1) is 5.52. The molecular weight excluding hydrogens is 209 g/mol. The third-order valence-corrected chi connectivity index (χ3v) is 1.16. The molecule has 80 valence electrons. The zero-order chi connectivity index (χ0) is 10.9. The molecule has 0 N–H and O–H groups in total. The molecule has 0 bridgehead atoms. The highest BCUT2D eigenvalue weighted by atomic mass is 19.4. The van der Waals surface area contributed by atoms with Gasteiger partial charge in [0.1, 0.15) is 0 Å². The predicted octanol–water partition coefficient (Wildman–Crippen LogP) is 3.16. The van der Waals surface area contributed by atoms with E-state index < -0.39 is 24.8 Å². The Morgan fingerprint density at radius 1 is 0.923 bits per heavy atom. The standard InChI is InChI=1S/C5H5F7O/c1-2-3(6,4(7,8)9)13-5(10,11)12/h2H2,1H3. The summed E-state index contributed by atoms with van der Waals surface area (Å²) in [5, 5.41) is 0. The molecule has 0 heterocycles. The third-order valence-electron chi connectivity index (χ3n) is 1.16. The Hall–Kier alpha value is -0.530. The normalized spacial score (nSPS) is 18.5. The Bertz CT molecular complexity index is 171. The summed E-state index contributed by atoms with van der Waals surface area (Å²) in [5.74, 6) is -4.66. The van der Waals surface area contributed by atoms with Crippen LogP contribution in [-0.2, 0) is 4.74 Å². The second-order valence-corrected chi connectivity index (χ2v) is 2.13. The van der Waals surface area contributed by atoms with Crippen LogP contribution in [0.1, 0.15) is 13.3 Å². The average molecular weight is 214 g/mol. The van der Waals surface area contributed by atoms with Crippen LogP contribution in [0, 0.1) is 0 Å². The minimum atomic E-state index is -5.70. The molecule has 0 aliphatic heterocycles. The lowest BCUT2D eigenvalue weighted by Crippen LogP contribution is -2.46. The topological polar surface area (TPSA) is 9.23 Å². The molecule has 0 aromatic heterocycles. The second-order valence-electron chi connectivity index (χ2n) is 2.13. The van der Waals surface area contributed by atoms with Crippen molar-refractivity contribution in [2.45, 2.75) is 31.7 Å². The number of rotatable bonds is 2. The molecule has 0 spiro atoms. The van der Waals surface area contributed by atoms with E-state index >= 15 is 0 Å². The smallest absolute Gasteiger partial charge is 0.245 e. The summed E-state index contributed by atoms with van der Waals surface area (Å²) in [4.78, 5) is 0. The van der Waals surface area contributed by atoms with E-state index in [1.54, 1.807) is 0 Å². The zero-order valence-corrected chi connectivity index (χ0v) is 6.26. The SMILES string of the molecule is CCC(F)(OC(F)(F)F)C(F)(F)F. The fraction of sp³-hybridized carbons (Fsp3) is 1.00. The third kappa shape index (κ3) is 3.37. The van der Waals surface area contributed by atoms with Gasteiger partial charge >= 0.3 is 18.4 Å². The van der Waals surface area contributed by atoms with E-state index in [9.17, 15) is 30.7 Å². The molecule has 13 heavy (non-hydrogen) atoms. The van der Waals surface area contributed by atoms with E-state index in [0.29, 0.717) is 6.92 Å². The zero-order valence-electron chi connectivity index (χ0n) is 6.26. The largest absolute Gasteiger partial charge is 0.525 e. The Morgan fingerprint density at radius 3 is 1.38 bits per heavy atom. The van der Waals surface area contributed by atoms with E-state index in [2.05, 4.69) is 4.74 Å². The molecule has 1 unspecified atom stereocenters. The van der Waals surface area contributed by atoms with Crippen LogP contribution in [-0.4, -0.2) is 18.4 Å². The molecule has 0 saturated heterocycles. The Kier molecular flexibility index (Phi) is 3.18. The maximum absolute atomic E-state index is 12.5. The monoisotopic (exact) mass is 214 g/mol. The summed E-state index contributed by atoms with van der Waals surface area (Å²) in [5.41, 5.74) is 0. The Labute approximate surface area is 68.5 Å². The van der Waals surface area contributed by atoms with Crippen molar-refractivity contribution in [1.29, 1.82) is 0 Å². The first-order valence-electron chi connectivity index (χ1n) is 3.04. The molecule has 0 aliphatic rings. The predicted molar refractivity (Wildman–Crippen MR) is 27.3 cm³/mol. The van der Waals surface area contributed by atoms with E-state index in [1.807, 2.05) is 0 Å². The maximum Gasteiger partial charge on any atom is 0.525 e. The molecule has 0 aromatic rings. The molecule has 0 aromatic carbocycles. The summed E-state index contributed by atoms with van der Waals surface area (Å²) < 4.78 is 83.6. The van der Waals surface area contributed by atoms with Crippen LogP contribution < -0.4 is 0 Å². The van der Waals surface area contributed by atoms with E-state index in [4.69, 9.17) is 0 Å². The van der Waals surface area contributed by atoms with E-state index in [1.165, 1.54) is 0 Å². The van der Waals surface area contributed by atoms with Crippen LogP contribution in [0.3, 0.4) is 0 Å². The molecule has 0 saturated carbocycles. The number of halogens is 7. The van der Waals surface area contributed by atoms with Gasteiger partial charge in [0.2, 0.25) is 0 Å². The minimum absolute atomic E-state index is 0.596. The van der Waals surface area contributed by atoms with E-state index in [-0.39, 0.29) is 0 Å². The van der Waals surface area contributed by atoms with Gasteiger partial charge < -0.3 is 0 Å². The van der Waals surface area contributed by atoms with Crippen molar-refractivity contribution in [2.24, 2.45) is 0 Å². The first kappa shape index (κ1) is 12.5. The molecule has 0 amide bonds. The van der Waals surface area contributed by atoms with Gasteiger partial charge in [0.05, 0.1) is 0 Å². The van der Waals surface area contributed by atoms with Gasteiger partial charge in [-0.3, -0.25) is 0 Å². The first-order valence-corrected chi connectivity index (χ1v) is 3.04. The van der Waals surface area contributed by atoms with Crippen molar-refractivity contribution in [3.63, 3.8) is 0 Å². The highest BCUT2D eigenvalue weighted by molar-refractivity contribution is 4.75. The number of hydrogen-bond acceptors (Lipinski definition) is 1. The van der Waals surface area contributed by atoms with Crippen molar-refractivity contribution in [3.8, 4) is 0 Å². The summed E-state index contributed by atoms with van der Waals surface area (Å²) in [6.07, 6.45) is -12.8. The summed E-state index contributed by atoms with van der Waals surface area (Å²) >= 11 is 0. The molecule has 8 heteroatoms. The molecule has 1 atom stereocenters. The van der Waals surface area contributed by atoms with Gasteiger partial charge in [-0.1, -0.05) is 6.92 Å². The van der Waals surface area contributed by atoms with Crippen molar-refractivity contribution < 1.29 is 35.5 Å². The van der Waals surface area contributed by atoms with Crippen molar-refractivity contribution in [3.05, 3.63) is 0 Å². The summed E-state index contributed by atoms with van der Waals surface area (Å²) in [6, 6.07) is 0.